The van der Waals surface area contributed by atoms with Gasteiger partial charge in [-0.05, 0) is 60.2 Å². The van der Waals surface area contributed by atoms with Crippen molar-refractivity contribution in [3.05, 3.63) is 92.9 Å². The van der Waals surface area contributed by atoms with Gasteiger partial charge in [0.1, 0.15) is 17.7 Å². The van der Waals surface area contributed by atoms with Gasteiger partial charge in [0.15, 0.2) is 0 Å². The van der Waals surface area contributed by atoms with Crippen molar-refractivity contribution in [1.29, 1.82) is 0 Å². The number of anilines is 1. The van der Waals surface area contributed by atoms with E-state index in [-0.39, 0.29) is 11.3 Å². The molecule has 1 aliphatic rings. The van der Waals surface area contributed by atoms with E-state index in [2.05, 4.69) is 0 Å². The molecule has 0 unspecified atom stereocenters. The molecule has 3 nitrogen and oxygen atoms in total. The Morgan fingerprint density at radius 1 is 0.931 bits per heavy atom. The molecule has 3 aromatic rings. The van der Waals surface area contributed by atoms with Crippen LogP contribution in [0.2, 0.25) is 15.1 Å². The topological polar surface area (TPSA) is 29.5 Å². The van der Waals surface area contributed by atoms with E-state index < -0.39 is 0 Å². The van der Waals surface area contributed by atoms with Gasteiger partial charge in [0, 0.05) is 26.3 Å². The number of thioether (sulfide) groups is 1. The summed E-state index contributed by atoms with van der Waals surface area (Å²) in [7, 11) is 0. The van der Waals surface area contributed by atoms with Crippen LogP contribution in [0.15, 0.2) is 66.7 Å². The van der Waals surface area contributed by atoms with Crippen LogP contribution < -0.4 is 9.64 Å². The van der Waals surface area contributed by atoms with Crippen LogP contribution in [-0.2, 0) is 11.4 Å². The van der Waals surface area contributed by atoms with E-state index in [9.17, 15) is 4.79 Å². The van der Waals surface area contributed by atoms with Crippen molar-refractivity contribution in [2.24, 2.45) is 0 Å². The highest BCUT2D eigenvalue weighted by molar-refractivity contribution is 8.00. The number of hydrogen-bond donors (Lipinski definition) is 0. The zero-order valence-corrected chi connectivity index (χ0v) is 18.2. The summed E-state index contributed by atoms with van der Waals surface area (Å²) in [6, 6.07) is 20.2. The van der Waals surface area contributed by atoms with Gasteiger partial charge in [-0.15, -0.1) is 11.8 Å². The quantitative estimate of drug-likeness (QED) is 0.407. The molecule has 0 radical (unpaired) electrons. The molecule has 7 heteroatoms. The van der Waals surface area contributed by atoms with Crippen molar-refractivity contribution in [2.45, 2.75) is 12.0 Å². The number of carbonyl (C=O) groups excluding carboxylic acids is 1. The smallest absolute Gasteiger partial charge is 0.238 e. The van der Waals surface area contributed by atoms with Gasteiger partial charge in [0.25, 0.3) is 0 Å². The molecule has 0 N–H and O–H groups in total. The van der Waals surface area contributed by atoms with E-state index in [0.717, 1.165) is 16.8 Å². The molecule has 1 aliphatic heterocycles. The average Bonchev–Trinajstić information content (AvgIpc) is 3.09. The zero-order valence-electron chi connectivity index (χ0n) is 15.1. The van der Waals surface area contributed by atoms with E-state index in [4.69, 9.17) is 39.5 Å². The third kappa shape index (κ3) is 4.67. The number of halogens is 3. The molecule has 1 fully saturated rings. The highest BCUT2D eigenvalue weighted by Crippen LogP contribution is 2.45. The third-order valence-corrected chi connectivity index (χ3v) is 6.41. The summed E-state index contributed by atoms with van der Waals surface area (Å²) >= 11 is 19.9. The van der Waals surface area contributed by atoms with Gasteiger partial charge < -0.3 is 4.74 Å². The Morgan fingerprint density at radius 2 is 1.66 bits per heavy atom. The first kappa shape index (κ1) is 20.4. The van der Waals surface area contributed by atoms with Crippen LogP contribution in [0.5, 0.6) is 5.75 Å². The first-order valence-electron chi connectivity index (χ1n) is 8.87. The summed E-state index contributed by atoms with van der Waals surface area (Å²) in [4.78, 5) is 14.4. The van der Waals surface area contributed by atoms with Crippen LogP contribution in [0.3, 0.4) is 0 Å². The summed E-state index contributed by atoms with van der Waals surface area (Å²) in [5, 5.41) is 1.63. The number of hydrogen-bond acceptors (Lipinski definition) is 3. The van der Waals surface area contributed by atoms with Crippen molar-refractivity contribution < 1.29 is 9.53 Å². The summed E-state index contributed by atoms with van der Waals surface area (Å²) in [6.45, 7) is 0.363. The highest BCUT2D eigenvalue weighted by atomic mass is 35.5. The van der Waals surface area contributed by atoms with Crippen LogP contribution in [0.4, 0.5) is 5.69 Å². The fourth-order valence-electron chi connectivity index (χ4n) is 3.17. The number of benzene rings is 3. The summed E-state index contributed by atoms with van der Waals surface area (Å²) in [5.74, 6) is 1.09. The Morgan fingerprint density at radius 3 is 2.41 bits per heavy atom. The minimum absolute atomic E-state index is 0.0306. The standard InChI is InChI=1S/C22H16Cl3NO2S/c23-15-4-7-18(8-5-15)26-21(27)13-29-22(26)19-11-17(25)6-9-20(19)28-12-14-2-1-3-16(24)10-14/h1-11,22H,12-13H2/t22-/m0/s1. The second-order valence-electron chi connectivity index (χ2n) is 6.50. The fourth-order valence-corrected chi connectivity index (χ4v) is 4.88. The number of amides is 1. The molecule has 1 atom stereocenters. The van der Waals surface area contributed by atoms with Crippen molar-refractivity contribution in [2.75, 3.05) is 10.7 Å². The second kappa shape index (κ2) is 8.88. The molecule has 1 saturated heterocycles. The predicted octanol–water partition coefficient (Wildman–Crippen LogP) is 7.00. The van der Waals surface area contributed by atoms with E-state index >= 15 is 0 Å². The molecular weight excluding hydrogens is 449 g/mol. The van der Waals surface area contributed by atoms with Crippen LogP contribution in [-0.4, -0.2) is 11.7 Å². The number of ether oxygens (including phenoxy) is 1. The lowest BCUT2D eigenvalue weighted by atomic mass is 10.1. The molecule has 1 amide bonds. The lowest BCUT2D eigenvalue weighted by Gasteiger charge is -2.26. The van der Waals surface area contributed by atoms with Gasteiger partial charge in [-0.25, -0.2) is 0 Å². The van der Waals surface area contributed by atoms with Crippen molar-refractivity contribution in [1.82, 2.24) is 0 Å². The van der Waals surface area contributed by atoms with Gasteiger partial charge >= 0.3 is 0 Å². The Balaban J connectivity index is 1.65. The minimum atomic E-state index is -0.239. The molecule has 0 spiro atoms. The van der Waals surface area contributed by atoms with Crippen LogP contribution in [0, 0.1) is 0 Å². The summed E-state index contributed by atoms with van der Waals surface area (Å²) < 4.78 is 6.09. The Kier molecular flexibility index (Phi) is 6.26. The lowest BCUT2D eigenvalue weighted by Crippen LogP contribution is -2.28. The minimum Gasteiger partial charge on any atom is -0.489 e. The fraction of sp³-hybridized carbons (Fsp3) is 0.136. The number of rotatable bonds is 5. The Labute approximate surface area is 188 Å². The predicted molar refractivity (Wildman–Crippen MR) is 121 cm³/mol. The summed E-state index contributed by atoms with van der Waals surface area (Å²) in [6.07, 6.45) is 0. The lowest BCUT2D eigenvalue weighted by molar-refractivity contribution is -0.115. The maximum absolute atomic E-state index is 12.6. The van der Waals surface area contributed by atoms with Gasteiger partial charge in [-0.2, -0.15) is 0 Å². The maximum atomic E-state index is 12.6. The first-order chi connectivity index (χ1) is 14.0. The van der Waals surface area contributed by atoms with Gasteiger partial charge in [0.05, 0.1) is 5.75 Å². The first-order valence-corrected chi connectivity index (χ1v) is 11.1. The maximum Gasteiger partial charge on any atom is 0.238 e. The monoisotopic (exact) mass is 463 g/mol. The molecule has 0 saturated carbocycles. The molecular formula is C22H16Cl3NO2S. The molecule has 1 heterocycles. The van der Waals surface area contributed by atoms with Gasteiger partial charge in [-0.3, -0.25) is 9.69 Å². The van der Waals surface area contributed by atoms with Gasteiger partial charge in [-0.1, -0.05) is 46.9 Å². The van der Waals surface area contributed by atoms with Crippen LogP contribution >= 0.6 is 46.6 Å². The Hall–Kier alpha value is -1.85. The molecule has 3 aromatic carbocycles. The van der Waals surface area contributed by atoms with E-state index in [1.165, 1.54) is 0 Å². The SMILES string of the molecule is O=C1CS[C@@H](c2cc(Cl)ccc2OCc2cccc(Cl)c2)N1c1ccc(Cl)cc1. The van der Waals surface area contributed by atoms with Crippen molar-refractivity contribution >= 4 is 58.2 Å². The van der Waals surface area contributed by atoms with E-state index in [1.807, 2.05) is 48.5 Å². The molecule has 4 rings (SSSR count). The normalized spacial score (nSPS) is 16.3. The number of carbonyl (C=O) groups is 1. The molecule has 0 aromatic heterocycles. The van der Waals surface area contributed by atoms with Crippen molar-refractivity contribution in [3.63, 3.8) is 0 Å². The Bertz CT molecular complexity index is 1040. The molecule has 0 bridgehead atoms. The average molecular weight is 465 g/mol. The molecule has 0 aliphatic carbocycles. The van der Waals surface area contributed by atoms with Crippen LogP contribution in [0.1, 0.15) is 16.5 Å². The second-order valence-corrected chi connectivity index (χ2v) is 8.88. The van der Waals surface area contributed by atoms with Crippen LogP contribution in [0.25, 0.3) is 0 Å². The molecule has 29 heavy (non-hydrogen) atoms. The van der Waals surface area contributed by atoms with E-state index in [1.54, 1.807) is 34.9 Å². The molecule has 148 valence electrons. The summed E-state index contributed by atoms with van der Waals surface area (Å²) in [5.41, 5.74) is 2.60. The highest BCUT2D eigenvalue weighted by Gasteiger charge is 2.36. The largest absolute Gasteiger partial charge is 0.489 e. The van der Waals surface area contributed by atoms with Crippen molar-refractivity contribution in [3.8, 4) is 5.75 Å². The third-order valence-electron chi connectivity index (χ3n) is 4.49. The van der Waals surface area contributed by atoms with Gasteiger partial charge in [0.2, 0.25) is 5.91 Å². The van der Waals surface area contributed by atoms with E-state index in [0.29, 0.717) is 33.2 Å². The number of nitrogens with zero attached hydrogens (tertiary/aromatic N) is 1. The zero-order chi connectivity index (χ0) is 20.4.